The van der Waals surface area contributed by atoms with E-state index in [4.69, 9.17) is 11.6 Å². The van der Waals surface area contributed by atoms with Crippen LogP contribution in [0.15, 0.2) is 23.1 Å². The van der Waals surface area contributed by atoms with E-state index in [1.165, 1.54) is 0 Å². The molecule has 3 nitrogen and oxygen atoms in total. The molecule has 0 saturated heterocycles. The minimum absolute atomic E-state index is 0.0154. The van der Waals surface area contributed by atoms with Gasteiger partial charge in [-0.3, -0.25) is 0 Å². The molecule has 106 valence electrons. The molecule has 19 heavy (non-hydrogen) atoms. The summed E-state index contributed by atoms with van der Waals surface area (Å²) < 4.78 is 27.4. The molecule has 0 unspecified atom stereocenters. The van der Waals surface area contributed by atoms with E-state index >= 15 is 0 Å². The lowest BCUT2D eigenvalue weighted by Gasteiger charge is -2.25. The van der Waals surface area contributed by atoms with Gasteiger partial charge < -0.3 is 0 Å². The van der Waals surface area contributed by atoms with E-state index in [0.717, 1.165) is 36.8 Å². The minimum atomic E-state index is -3.41. The van der Waals surface area contributed by atoms with Gasteiger partial charge in [0.25, 0.3) is 0 Å². The van der Waals surface area contributed by atoms with Gasteiger partial charge in [-0.15, -0.1) is 11.6 Å². The zero-order valence-electron chi connectivity index (χ0n) is 11.3. The van der Waals surface area contributed by atoms with Crippen LogP contribution >= 0.6 is 11.6 Å². The van der Waals surface area contributed by atoms with E-state index in [1.54, 1.807) is 12.1 Å². The Morgan fingerprint density at radius 3 is 2.32 bits per heavy atom. The van der Waals surface area contributed by atoms with Gasteiger partial charge in [-0.25, -0.2) is 13.1 Å². The molecule has 0 bridgehead atoms. The van der Waals surface area contributed by atoms with Crippen molar-refractivity contribution in [3.63, 3.8) is 0 Å². The minimum Gasteiger partial charge on any atom is -0.208 e. The number of benzene rings is 1. The fourth-order valence-corrected chi connectivity index (χ4v) is 3.98. The summed E-state index contributed by atoms with van der Waals surface area (Å²) in [5, 5.41) is 0.197. The summed E-state index contributed by atoms with van der Waals surface area (Å²) in [5.41, 5.74) is 2.09. The van der Waals surface area contributed by atoms with Crippen LogP contribution in [0.5, 0.6) is 0 Å². The SMILES string of the molecule is Cc1ccc(S(=O)(=O)NC2CCC(Cl)CC2)cc1C. The highest BCUT2D eigenvalue weighted by molar-refractivity contribution is 7.89. The zero-order valence-corrected chi connectivity index (χ0v) is 12.9. The van der Waals surface area contributed by atoms with Crippen LogP contribution in [0.3, 0.4) is 0 Å². The Morgan fingerprint density at radius 1 is 1.11 bits per heavy atom. The van der Waals surface area contributed by atoms with Crippen molar-refractivity contribution in [1.29, 1.82) is 0 Å². The first-order valence-electron chi connectivity index (χ1n) is 6.62. The van der Waals surface area contributed by atoms with Gasteiger partial charge in [-0.1, -0.05) is 6.07 Å². The summed E-state index contributed by atoms with van der Waals surface area (Å²) in [4.78, 5) is 0.351. The van der Waals surface area contributed by atoms with E-state index in [0.29, 0.717) is 4.90 Å². The predicted octanol–water partition coefficient (Wildman–Crippen LogP) is 3.13. The Labute approximate surface area is 120 Å². The van der Waals surface area contributed by atoms with E-state index in [9.17, 15) is 8.42 Å². The molecule has 1 aromatic rings. The van der Waals surface area contributed by atoms with Crippen molar-refractivity contribution < 1.29 is 8.42 Å². The van der Waals surface area contributed by atoms with Crippen molar-refractivity contribution in [2.75, 3.05) is 0 Å². The van der Waals surface area contributed by atoms with E-state index in [1.807, 2.05) is 19.9 Å². The highest BCUT2D eigenvalue weighted by atomic mass is 35.5. The molecule has 1 fully saturated rings. The van der Waals surface area contributed by atoms with Crippen LogP contribution < -0.4 is 4.72 Å². The predicted molar refractivity (Wildman–Crippen MR) is 78.1 cm³/mol. The lowest BCUT2D eigenvalue weighted by Crippen LogP contribution is -2.37. The normalized spacial score (nSPS) is 24.4. The smallest absolute Gasteiger partial charge is 0.208 e. The zero-order chi connectivity index (χ0) is 14.0. The molecule has 5 heteroatoms. The molecule has 0 amide bonds. The van der Waals surface area contributed by atoms with Gasteiger partial charge in [0, 0.05) is 11.4 Å². The molecule has 0 aromatic heterocycles. The summed E-state index contributed by atoms with van der Waals surface area (Å²) in [6.07, 6.45) is 3.39. The van der Waals surface area contributed by atoms with Gasteiger partial charge in [0.15, 0.2) is 0 Å². The van der Waals surface area contributed by atoms with Crippen LogP contribution in [0.2, 0.25) is 0 Å². The second-order valence-electron chi connectivity index (χ2n) is 5.32. The maximum absolute atomic E-state index is 12.3. The molecular weight excluding hydrogens is 282 g/mol. The maximum atomic E-state index is 12.3. The van der Waals surface area contributed by atoms with Crippen molar-refractivity contribution in [3.8, 4) is 0 Å². The molecule has 1 N–H and O–H groups in total. The van der Waals surface area contributed by atoms with E-state index < -0.39 is 10.0 Å². The Balaban J connectivity index is 2.11. The van der Waals surface area contributed by atoms with Crippen LogP contribution in [0.4, 0.5) is 0 Å². The molecule has 1 saturated carbocycles. The van der Waals surface area contributed by atoms with Crippen LogP contribution in [0.25, 0.3) is 0 Å². The number of halogens is 1. The summed E-state index contributed by atoms with van der Waals surface area (Å²) in [6.45, 7) is 3.90. The van der Waals surface area contributed by atoms with Gasteiger partial charge in [0.2, 0.25) is 10.0 Å². The molecule has 1 aliphatic rings. The number of rotatable bonds is 3. The lowest BCUT2D eigenvalue weighted by atomic mass is 9.96. The van der Waals surface area contributed by atoms with Gasteiger partial charge >= 0.3 is 0 Å². The van der Waals surface area contributed by atoms with Crippen molar-refractivity contribution in [3.05, 3.63) is 29.3 Å². The molecule has 0 atom stereocenters. The number of sulfonamides is 1. The average Bonchev–Trinajstić information content (AvgIpc) is 2.35. The third kappa shape index (κ3) is 3.71. The first kappa shape index (κ1) is 14.8. The Bertz CT molecular complexity index is 549. The second kappa shape index (κ2) is 5.81. The number of aryl methyl sites for hydroxylation is 2. The highest BCUT2D eigenvalue weighted by Gasteiger charge is 2.24. The van der Waals surface area contributed by atoms with Crippen LogP contribution in [-0.4, -0.2) is 19.8 Å². The van der Waals surface area contributed by atoms with E-state index in [-0.39, 0.29) is 11.4 Å². The van der Waals surface area contributed by atoms with Crippen molar-refractivity contribution in [2.24, 2.45) is 0 Å². The monoisotopic (exact) mass is 301 g/mol. The third-order valence-electron chi connectivity index (χ3n) is 3.77. The molecule has 2 rings (SSSR count). The van der Waals surface area contributed by atoms with Crippen LogP contribution in [0, 0.1) is 13.8 Å². The van der Waals surface area contributed by atoms with Crippen LogP contribution in [0.1, 0.15) is 36.8 Å². The fraction of sp³-hybridized carbons (Fsp3) is 0.571. The van der Waals surface area contributed by atoms with Gasteiger partial charge in [0.05, 0.1) is 4.90 Å². The second-order valence-corrected chi connectivity index (χ2v) is 7.65. The highest BCUT2D eigenvalue weighted by Crippen LogP contribution is 2.24. The third-order valence-corrected chi connectivity index (χ3v) is 5.72. The number of alkyl halides is 1. The molecule has 0 spiro atoms. The van der Waals surface area contributed by atoms with E-state index in [2.05, 4.69) is 4.72 Å². The van der Waals surface area contributed by atoms with Crippen molar-refractivity contribution in [1.82, 2.24) is 4.72 Å². The first-order valence-corrected chi connectivity index (χ1v) is 8.54. The maximum Gasteiger partial charge on any atom is 0.240 e. The van der Waals surface area contributed by atoms with Gasteiger partial charge in [-0.2, -0.15) is 0 Å². The lowest BCUT2D eigenvalue weighted by molar-refractivity contribution is 0.416. The molecule has 0 radical (unpaired) electrons. The molecule has 1 aromatic carbocycles. The molecule has 0 aliphatic heterocycles. The Morgan fingerprint density at radius 2 is 1.74 bits per heavy atom. The fourth-order valence-electron chi connectivity index (χ4n) is 2.34. The van der Waals surface area contributed by atoms with Gasteiger partial charge in [0.1, 0.15) is 0 Å². The van der Waals surface area contributed by atoms with Crippen molar-refractivity contribution >= 4 is 21.6 Å². The topological polar surface area (TPSA) is 46.2 Å². The average molecular weight is 302 g/mol. The molecule has 0 heterocycles. The number of hydrogen-bond donors (Lipinski definition) is 1. The van der Waals surface area contributed by atoms with Crippen molar-refractivity contribution in [2.45, 2.75) is 55.8 Å². The summed E-state index contributed by atoms with van der Waals surface area (Å²) in [5.74, 6) is 0. The number of hydrogen-bond acceptors (Lipinski definition) is 2. The Kier molecular flexibility index (Phi) is 4.54. The molecular formula is C14H20ClNO2S. The molecule has 1 aliphatic carbocycles. The summed E-state index contributed by atoms with van der Waals surface area (Å²) >= 11 is 6.03. The quantitative estimate of drug-likeness (QED) is 0.872. The largest absolute Gasteiger partial charge is 0.240 e. The Hall–Kier alpha value is -0.580. The summed E-state index contributed by atoms with van der Waals surface area (Å²) in [7, 11) is -3.41. The van der Waals surface area contributed by atoms with Crippen LogP contribution in [-0.2, 0) is 10.0 Å². The number of nitrogens with one attached hydrogen (secondary N) is 1. The first-order chi connectivity index (χ1) is 8.88. The standard InChI is InChI=1S/C14H20ClNO2S/c1-10-3-8-14(9-11(10)2)19(17,18)16-13-6-4-12(15)5-7-13/h3,8-9,12-13,16H,4-7H2,1-2H3. The summed E-state index contributed by atoms with van der Waals surface area (Å²) in [6, 6.07) is 5.25. The van der Waals surface area contributed by atoms with Gasteiger partial charge in [-0.05, 0) is 62.8 Å².